The molecule has 0 aromatic carbocycles. The maximum atomic E-state index is 12.5. The molecule has 0 aliphatic carbocycles. The molecule has 1 fully saturated rings. The number of rotatable bonds is 4. The third-order valence-corrected chi connectivity index (χ3v) is 2.29. The van der Waals surface area contributed by atoms with Crippen LogP contribution in [0.2, 0.25) is 0 Å². The van der Waals surface area contributed by atoms with E-state index in [1.165, 1.54) is 0 Å². The summed E-state index contributed by atoms with van der Waals surface area (Å²) in [5.41, 5.74) is -3.45. The third-order valence-electron chi connectivity index (χ3n) is 2.29. The average molecular weight is 278 g/mol. The van der Waals surface area contributed by atoms with E-state index in [9.17, 15) is 38.2 Å². The summed E-state index contributed by atoms with van der Waals surface area (Å²) in [5, 5.41) is 14.1. The Morgan fingerprint density at radius 3 is 1.50 bits per heavy atom. The van der Waals surface area contributed by atoms with Gasteiger partial charge in [-0.25, -0.2) is 20.2 Å². The predicted octanol–water partition coefficient (Wildman–Crippen LogP) is -0.217. The summed E-state index contributed by atoms with van der Waals surface area (Å²) in [6.07, 6.45) is 0. The lowest BCUT2D eigenvalue weighted by molar-refractivity contribution is -0.729. The third kappa shape index (κ3) is 2.33. The van der Waals surface area contributed by atoms with Gasteiger partial charge in [0.05, 0.1) is 10.7 Å². The van der Waals surface area contributed by atoms with Crippen LogP contribution in [0.4, 0.5) is 17.9 Å². The van der Waals surface area contributed by atoms with Crippen LogP contribution < -0.4 is 0 Å². The number of halogens is 4. The first-order chi connectivity index (χ1) is 8.20. The minimum atomic E-state index is -3.45. The first kappa shape index (κ1) is 14.1. The number of nitro groups is 2. The van der Waals surface area contributed by atoms with E-state index >= 15 is 0 Å². The van der Waals surface area contributed by atoms with Crippen molar-refractivity contribution in [2.24, 2.45) is 0 Å². The second kappa shape index (κ2) is 4.73. The van der Waals surface area contributed by atoms with E-state index < -0.39 is 46.2 Å². The molecule has 10 nitrogen and oxygen atoms in total. The van der Waals surface area contributed by atoms with Crippen LogP contribution in [-0.4, -0.2) is 56.2 Å². The van der Waals surface area contributed by atoms with Crippen molar-refractivity contribution >= 4 is 0 Å². The molecule has 0 radical (unpaired) electrons. The Kier molecular flexibility index (Phi) is 3.70. The molecule has 1 heterocycles. The van der Waals surface area contributed by atoms with Crippen molar-refractivity contribution in [1.29, 1.82) is 0 Å². The fourth-order valence-corrected chi connectivity index (χ4v) is 1.41. The lowest BCUT2D eigenvalue weighted by Crippen LogP contribution is -2.69. The van der Waals surface area contributed by atoms with Gasteiger partial charge in [0, 0.05) is 0 Å². The molecule has 0 amide bonds. The second-order valence-electron chi connectivity index (χ2n) is 3.39. The van der Waals surface area contributed by atoms with Gasteiger partial charge in [0.25, 0.3) is 0 Å². The van der Waals surface area contributed by atoms with E-state index in [2.05, 4.69) is 0 Å². The molecule has 0 atom stereocenters. The lowest BCUT2D eigenvalue weighted by Gasteiger charge is -2.38. The number of hydrogen-bond donors (Lipinski definition) is 0. The minimum Gasteiger partial charge on any atom is -0.235 e. The molecule has 0 aromatic rings. The maximum Gasteiger partial charge on any atom is 0.241 e. The van der Waals surface area contributed by atoms with Crippen LogP contribution in [0.25, 0.3) is 0 Å². The Bertz CT molecular complexity index is 322. The highest BCUT2D eigenvalue weighted by Crippen LogP contribution is 2.29. The molecule has 18 heavy (non-hydrogen) atoms. The highest BCUT2D eigenvalue weighted by molar-refractivity contribution is 4.85. The van der Waals surface area contributed by atoms with E-state index in [1.807, 2.05) is 0 Å². The summed E-state index contributed by atoms with van der Waals surface area (Å²) in [7, 11) is 0. The van der Waals surface area contributed by atoms with Crippen molar-refractivity contribution in [1.82, 2.24) is 20.7 Å². The lowest BCUT2D eigenvalue weighted by atomic mass is 10.1. The first-order valence-electron chi connectivity index (χ1n) is 4.23. The molecule has 1 rings (SSSR count). The number of hydrazine groups is 2. The van der Waals surface area contributed by atoms with E-state index in [1.54, 1.807) is 0 Å². The van der Waals surface area contributed by atoms with Gasteiger partial charge in [-0.1, -0.05) is 27.9 Å². The van der Waals surface area contributed by atoms with Gasteiger partial charge in [0.2, 0.25) is 12.3 Å². The molecule has 1 saturated heterocycles. The molecule has 0 unspecified atom stereocenters. The van der Waals surface area contributed by atoms with Gasteiger partial charge in [-0.3, -0.25) is 0 Å². The van der Waals surface area contributed by atoms with Crippen LogP contribution in [0.15, 0.2) is 0 Å². The molecule has 104 valence electrons. The first-order valence-corrected chi connectivity index (χ1v) is 4.23. The summed E-state index contributed by atoms with van der Waals surface area (Å²) >= 11 is 0. The van der Waals surface area contributed by atoms with Crippen LogP contribution in [0, 0.1) is 20.2 Å². The molecule has 0 aromatic heterocycles. The Hall–Kier alpha value is -1.96. The van der Waals surface area contributed by atoms with Gasteiger partial charge < -0.3 is 0 Å². The summed E-state index contributed by atoms with van der Waals surface area (Å²) in [6, 6.07) is 0. The van der Waals surface area contributed by atoms with Gasteiger partial charge in [-0.15, -0.1) is 0 Å². The van der Waals surface area contributed by atoms with E-state index in [0.717, 1.165) is 0 Å². The van der Waals surface area contributed by atoms with Crippen molar-refractivity contribution in [3.63, 3.8) is 0 Å². The normalized spacial score (nSPS) is 19.4. The van der Waals surface area contributed by atoms with Crippen LogP contribution in [0.1, 0.15) is 0 Å². The minimum absolute atomic E-state index is 0.107. The molecule has 1 aliphatic heterocycles. The number of nitrogens with zero attached hydrogens (tertiary/aromatic N) is 6. The second-order valence-corrected chi connectivity index (χ2v) is 3.39. The summed E-state index contributed by atoms with van der Waals surface area (Å²) in [4.78, 5) is 20.8. The largest absolute Gasteiger partial charge is 0.241 e. The van der Waals surface area contributed by atoms with Crippen LogP contribution in [-0.2, 0) is 0 Å². The Morgan fingerprint density at radius 1 is 0.944 bits per heavy atom. The average Bonchev–Trinajstić information content (AvgIpc) is 2.27. The van der Waals surface area contributed by atoms with Gasteiger partial charge in [-0.2, -0.15) is 0 Å². The fourth-order valence-electron chi connectivity index (χ4n) is 1.41. The fraction of sp³-hybridized carbons (Fsp3) is 1.00. The molecule has 1 aliphatic rings. The summed E-state index contributed by atoms with van der Waals surface area (Å²) < 4.78 is 50.1. The molecule has 0 spiro atoms. The van der Waals surface area contributed by atoms with Crippen LogP contribution >= 0.6 is 0 Å². The predicted molar refractivity (Wildman–Crippen MR) is 43.1 cm³/mol. The van der Waals surface area contributed by atoms with Crippen molar-refractivity contribution in [3.05, 3.63) is 20.2 Å². The van der Waals surface area contributed by atoms with Crippen LogP contribution in [0.5, 0.6) is 0 Å². The quantitative estimate of drug-likeness (QED) is 0.229. The SMILES string of the molecule is O=[N+]([O-])N1CN([N+](=O)[O-])CC(N(F)F)(N(F)F)C1. The molecular weight excluding hydrogens is 272 g/mol. The Labute approximate surface area is 95.5 Å². The zero-order valence-corrected chi connectivity index (χ0v) is 8.45. The van der Waals surface area contributed by atoms with Gasteiger partial charge in [0.1, 0.15) is 13.1 Å². The van der Waals surface area contributed by atoms with Gasteiger partial charge >= 0.3 is 0 Å². The van der Waals surface area contributed by atoms with E-state index in [-0.39, 0.29) is 10.0 Å². The standard InChI is InChI=1S/C4H6F4N6O4/c5-11(6)4(12(7)8)1-9(13(15)16)3-10(2-4)14(17)18/h1-3H2. The van der Waals surface area contributed by atoms with Crippen molar-refractivity contribution in [2.75, 3.05) is 19.8 Å². The monoisotopic (exact) mass is 278 g/mol. The van der Waals surface area contributed by atoms with Crippen molar-refractivity contribution in [3.8, 4) is 0 Å². The van der Waals surface area contributed by atoms with Crippen molar-refractivity contribution < 1.29 is 28.0 Å². The van der Waals surface area contributed by atoms with Crippen LogP contribution in [0.3, 0.4) is 0 Å². The smallest absolute Gasteiger partial charge is 0.235 e. The zero-order valence-electron chi connectivity index (χ0n) is 8.45. The number of hydrogen-bond acceptors (Lipinski definition) is 6. The molecule has 0 saturated carbocycles. The summed E-state index contributed by atoms with van der Waals surface area (Å²) in [6.45, 7) is -3.78. The van der Waals surface area contributed by atoms with E-state index in [4.69, 9.17) is 0 Å². The highest BCUT2D eigenvalue weighted by Gasteiger charge is 2.58. The van der Waals surface area contributed by atoms with E-state index in [0.29, 0.717) is 0 Å². The molecular formula is C4H6F4N6O4. The Morgan fingerprint density at radius 2 is 1.28 bits per heavy atom. The zero-order chi connectivity index (χ0) is 14.1. The van der Waals surface area contributed by atoms with Gasteiger partial charge in [-0.05, 0) is 0 Å². The van der Waals surface area contributed by atoms with Gasteiger partial charge in [0.15, 0.2) is 10.1 Å². The maximum absolute atomic E-state index is 12.5. The summed E-state index contributed by atoms with van der Waals surface area (Å²) in [5.74, 6) is 0. The molecule has 0 N–H and O–H groups in total. The van der Waals surface area contributed by atoms with Crippen molar-refractivity contribution in [2.45, 2.75) is 5.66 Å². The molecule has 14 heteroatoms. The Balaban J connectivity index is 3.09. The molecule has 0 bridgehead atoms. The highest BCUT2D eigenvalue weighted by atomic mass is 19.4. The topological polar surface area (TPSA) is 99.2 Å².